The van der Waals surface area contributed by atoms with E-state index in [1.54, 1.807) is 11.6 Å². The summed E-state index contributed by atoms with van der Waals surface area (Å²) in [5.41, 5.74) is 2.04. The van der Waals surface area contributed by atoms with Gasteiger partial charge in [0.05, 0.1) is 23.7 Å². The molecule has 5 rings (SSSR count). The summed E-state index contributed by atoms with van der Waals surface area (Å²) >= 11 is 0. The van der Waals surface area contributed by atoms with Gasteiger partial charge >= 0.3 is 0 Å². The van der Waals surface area contributed by atoms with Crippen molar-refractivity contribution in [3.8, 4) is 17.0 Å². The van der Waals surface area contributed by atoms with Crippen LogP contribution in [-0.2, 0) is 0 Å². The number of hydrogen-bond acceptors (Lipinski definition) is 5. The summed E-state index contributed by atoms with van der Waals surface area (Å²) < 4.78 is 9.15. The van der Waals surface area contributed by atoms with Crippen molar-refractivity contribution in [2.45, 2.75) is 39.2 Å². The molecule has 30 heavy (non-hydrogen) atoms. The molecule has 3 aromatic heterocycles. The van der Waals surface area contributed by atoms with Gasteiger partial charge in [-0.1, -0.05) is 38.8 Å². The van der Waals surface area contributed by atoms with Crippen molar-refractivity contribution in [2.75, 3.05) is 7.11 Å². The Morgan fingerprint density at radius 1 is 1.13 bits per heavy atom. The van der Waals surface area contributed by atoms with E-state index < -0.39 is 0 Å². The van der Waals surface area contributed by atoms with Crippen LogP contribution in [0.15, 0.2) is 47.7 Å². The van der Waals surface area contributed by atoms with Gasteiger partial charge in [0.15, 0.2) is 0 Å². The van der Waals surface area contributed by atoms with Crippen LogP contribution in [0.1, 0.15) is 39.2 Å². The molecule has 3 heterocycles. The summed E-state index contributed by atoms with van der Waals surface area (Å²) in [7, 11) is 1.63. The van der Waals surface area contributed by atoms with E-state index in [0.29, 0.717) is 40.0 Å². The monoisotopic (exact) mass is 403 g/mol. The molecule has 0 N–H and O–H groups in total. The number of ether oxygens (including phenoxy) is 1. The molecule has 0 bridgehead atoms. The Bertz CT molecular complexity index is 1290. The lowest BCUT2D eigenvalue weighted by Crippen LogP contribution is -2.33. The standard InChI is InChI=1S/C23H25N5O2/c1-14-7-6-9-18(15(14)2)27-12-11-17-20(22(27)29)21(28-23(26-17)24-13-25-28)16-8-4-5-10-19(16)30-3/h4-5,8,10-15,18H,6-7,9H2,1-3H3/t14-,15-,18+/m0/s1. The van der Waals surface area contributed by atoms with E-state index >= 15 is 0 Å². The van der Waals surface area contributed by atoms with Crippen LogP contribution in [0, 0.1) is 11.8 Å². The molecule has 0 unspecified atom stereocenters. The van der Waals surface area contributed by atoms with Gasteiger partial charge in [0, 0.05) is 17.8 Å². The smallest absolute Gasteiger partial charge is 0.262 e. The highest BCUT2D eigenvalue weighted by molar-refractivity contribution is 5.94. The summed E-state index contributed by atoms with van der Waals surface area (Å²) in [4.78, 5) is 22.7. The minimum absolute atomic E-state index is 0.0377. The second-order valence-electron chi connectivity index (χ2n) is 8.26. The lowest BCUT2D eigenvalue weighted by Gasteiger charge is -2.35. The highest BCUT2D eigenvalue weighted by Crippen LogP contribution is 2.38. The predicted octanol–water partition coefficient (Wildman–Crippen LogP) is 4.11. The first kappa shape index (κ1) is 18.8. The van der Waals surface area contributed by atoms with E-state index in [1.165, 1.54) is 12.7 Å². The van der Waals surface area contributed by atoms with E-state index in [1.807, 2.05) is 41.1 Å². The third-order valence-corrected chi connectivity index (χ3v) is 6.68. The molecule has 3 atom stereocenters. The van der Waals surface area contributed by atoms with Crippen LogP contribution in [-0.4, -0.2) is 31.3 Å². The van der Waals surface area contributed by atoms with Crippen LogP contribution in [0.5, 0.6) is 5.75 Å². The van der Waals surface area contributed by atoms with Gasteiger partial charge in [-0.3, -0.25) is 4.79 Å². The third kappa shape index (κ3) is 2.80. The van der Waals surface area contributed by atoms with E-state index in [2.05, 4.69) is 28.9 Å². The Hall–Kier alpha value is -3.22. The van der Waals surface area contributed by atoms with Gasteiger partial charge in [-0.05, 0) is 36.5 Å². The van der Waals surface area contributed by atoms with Gasteiger partial charge in [0.1, 0.15) is 12.1 Å². The number of nitrogens with zero attached hydrogens (tertiary/aromatic N) is 5. The maximum Gasteiger partial charge on any atom is 0.262 e. The highest BCUT2D eigenvalue weighted by atomic mass is 16.5. The first-order valence-electron chi connectivity index (χ1n) is 10.5. The lowest BCUT2D eigenvalue weighted by atomic mass is 9.78. The zero-order chi connectivity index (χ0) is 20.8. The van der Waals surface area contributed by atoms with Gasteiger partial charge in [-0.15, -0.1) is 0 Å². The summed E-state index contributed by atoms with van der Waals surface area (Å²) in [6.45, 7) is 4.54. The van der Waals surface area contributed by atoms with Crippen molar-refractivity contribution < 1.29 is 4.74 Å². The average molecular weight is 403 g/mol. The SMILES string of the molecule is COc1ccccc1-c1c2c(=O)n([C@@H]3CCC[C@H](C)[C@@H]3C)ccc2nc2ncnn12. The molecule has 0 spiro atoms. The zero-order valence-electron chi connectivity index (χ0n) is 17.4. The molecule has 7 heteroatoms. The minimum Gasteiger partial charge on any atom is -0.496 e. The first-order valence-corrected chi connectivity index (χ1v) is 10.5. The van der Waals surface area contributed by atoms with Gasteiger partial charge in [-0.25, -0.2) is 4.98 Å². The number of methoxy groups -OCH3 is 1. The van der Waals surface area contributed by atoms with Gasteiger partial charge in [0.25, 0.3) is 11.3 Å². The third-order valence-electron chi connectivity index (χ3n) is 6.68. The molecular formula is C23H25N5O2. The number of para-hydroxylation sites is 1. The van der Waals surface area contributed by atoms with Crippen molar-refractivity contribution >= 4 is 16.7 Å². The van der Waals surface area contributed by atoms with Crippen molar-refractivity contribution in [3.05, 3.63) is 53.2 Å². The van der Waals surface area contributed by atoms with E-state index in [4.69, 9.17) is 4.74 Å². The number of fused-ring (bicyclic) bond motifs is 2. The molecule has 7 nitrogen and oxygen atoms in total. The summed E-state index contributed by atoms with van der Waals surface area (Å²) in [5, 5.41) is 4.92. The quantitative estimate of drug-likeness (QED) is 0.515. The number of hydrogen-bond donors (Lipinski definition) is 0. The molecule has 4 aromatic rings. The number of rotatable bonds is 3. The molecule has 0 amide bonds. The summed E-state index contributed by atoms with van der Waals surface area (Å²) in [6.07, 6.45) is 6.73. The van der Waals surface area contributed by atoms with Crippen molar-refractivity contribution in [2.24, 2.45) is 11.8 Å². The fourth-order valence-electron chi connectivity index (χ4n) is 4.84. The van der Waals surface area contributed by atoms with Crippen LogP contribution in [0.4, 0.5) is 0 Å². The second-order valence-corrected chi connectivity index (χ2v) is 8.26. The maximum absolute atomic E-state index is 13.9. The molecular weight excluding hydrogens is 378 g/mol. The second kappa shape index (κ2) is 7.23. The van der Waals surface area contributed by atoms with Gasteiger partial charge in [-0.2, -0.15) is 14.6 Å². The molecule has 1 saturated carbocycles. The molecule has 0 aliphatic heterocycles. The number of aromatic nitrogens is 5. The topological polar surface area (TPSA) is 74.3 Å². The van der Waals surface area contributed by atoms with Crippen LogP contribution < -0.4 is 10.3 Å². The minimum atomic E-state index is -0.0377. The Morgan fingerprint density at radius 2 is 1.97 bits per heavy atom. The molecule has 0 saturated heterocycles. The normalized spacial score (nSPS) is 21.9. The summed E-state index contributed by atoms with van der Waals surface area (Å²) in [5.74, 6) is 2.17. The van der Waals surface area contributed by atoms with Crippen molar-refractivity contribution in [3.63, 3.8) is 0 Å². The maximum atomic E-state index is 13.9. The van der Waals surface area contributed by atoms with E-state index in [-0.39, 0.29) is 11.6 Å². The predicted molar refractivity (Wildman–Crippen MR) is 116 cm³/mol. The van der Waals surface area contributed by atoms with Gasteiger partial charge in [0.2, 0.25) is 0 Å². The largest absolute Gasteiger partial charge is 0.496 e. The summed E-state index contributed by atoms with van der Waals surface area (Å²) in [6, 6.07) is 9.78. The highest BCUT2D eigenvalue weighted by Gasteiger charge is 2.30. The van der Waals surface area contributed by atoms with Crippen molar-refractivity contribution in [1.82, 2.24) is 24.1 Å². The van der Waals surface area contributed by atoms with E-state index in [0.717, 1.165) is 18.4 Å². The van der Waals surface area contributed by atoms with Crippen molar-refractivity contribution in [1.29, 1.82) is 0 Å². The molecule has 1 aromatic carbocycles. The van der Waals surface area contributed by atoms with Crippen LogP contribution in [0.3, 0.4) is 0 Å². The average Bonchev–Trinajstić information content (AvgIpc) is 3.23. The molecule has 1 aliphatic carbocycles. The Morgan fingerprint density at radius 3 is 2.80 bits per heavy atom. The number of benzene rings is 1. The molecule has 1 aliphatic rings. The molecule has 0 radical (unpaired) electrons. The fraction of sp³-hybridized carbons (Fsp3) is 0.391. The lowest BCUT2D eigenvalue weighted by molar-refractivity contribution is 0.183. The van der Waals surface area contributed by atoms with Crippen LogP contribution in [0.25, 0.3) is 27.9 Å². The molecule has 1 fully saturated rings. The Kier molecular flexibility index (Phi) is 4.53. The first-order chi connectivity index (χ1) is 14.6. The Balaban J connectivity index is 1.85. The number of pyridine rings is 1. The zero-order valence-corrected chi connectivity index (χ0v) is 17.4. The van der Waals surface area contributed by atoms with E-state index in [9.17, 15) is 4.79 Å². The Labute approximate surface area is 174 Å². The fourth-order valence-corrected chi connectivity index (χ4v) is 4.84. The van der Waals surface area contributed by atoms with Gasteiger partial charge < -0.3 is 9.30 Å². The molecule has 154 valence electrons. The van der Waals surface area contributed by atoms with Crippen LogP contribution in [0.2, 0.25) is 0 Å². The van der Waals surface area contributed by atoms with Crippen LogP contribution >= 0.6 is 0 Å².